The van der Waals surface area contributed by atoms with Crippen LogP contribution < -0.4 is 0 Å². The third-order valence-electron chi connectivity index (χ3n) is 11.5. The highest BCUT2D eigenvalue weighted by atomic mass is 16.7. The maximum Gasteiger partial charge on any atom is 0.303 e. The second kappa shape index (κ2) is 21.8. The first-order valence-electron chi connectivity index (χ1n) is 22.1. The number of carbonyl (C=O) groups excluding carboxylic acids is 4. The van der Waals surface area contributed by atoms with E-state index < -0.39 is 85.1 Å². The summed E-state index contributed by atoms with van der Waals surface area (Å²) >= 11 is 0. The molecule has 14 nitrogen and oxygen atoms in total. The molecule has 2 saturated heterocycles. The molecule has 0 aromatic heterocycles. The summed E-state index contributed by atoms with van der Waals surface area (Å²) in [6.45, 7) is 10.9. The molecule has 0 radical (unpaired) electrons. The molecule has 2 amide bonds. The van der Waals surface area contributed by atoms with Gasteiger partial charge in [0.05, 0.1) is 50.3 Å². The van der Waals surface area contributed by atoms with Gasteiger partial charge < -0.3 is 42.6 Å². The lowest BCUT2D eigenvalue weighted by molar-refractivity contribution is -0.336. The maximum absolute atomic E-state index is 14.1. The summed E-state index contributed by atoms with van der Waals surface area (Å²) in [5.74, 6) is -2.74. The van der Waals surface area contributed by atoms with Crippen LogP contribution in [0.2, 0.25) is 0 Å². The average molecular weight is 894 g/mol. The summed E-state index contributed by atoms with van der Waals surface area (Å²) in [4.78, 5) is 55.1. The van der Waals surface area contributed by atoms with Gasteiger partial charge in [-0.05, 0) is 47.6 Å². The second-order valence-corrected chi connectivity index (χ2v) is 17.7. The Hall–Kier alpha value is -5.32. The summed E-state index contributed by atoms with van der Waals surface area (Å²) in [6, 6.07) is 34.3. The van der Waals surface area contributed by atoms with E-state index in [0.29, 0.717) is 6.42 Å². The lowest BCUT2D eigenvalue weighted by Gasteiger charge is -2.48. The molecule has 0 saturated carbocycles. The fourth-order valence-corrected chi connectivity index (χ4v) is 8.25. The van der Waals surface area contributed by atoms with Crippen LogP contribution in [0.25, 0.3) is 0 Å². The number of amides is 2. The third-order valence-corrected chi connectivity index (χ3v) is 11.5. The number of nitrogens with zero attached hydrogens (tertiary/aromatic N) is 1. The van der Waals surface area contributed by atoms with Crippen molar-refractivity contribution in [1.29, 1.82) is 0 Å². The van der Waals surface area contributed by atoms with Crippen molar-refractivity contribution in [3.63, 3.8) is 0 Å². The Balaban J connectivity index is 1.22. The van der Waals surface area contributed by atoms with Crippen LogP contribution in [0, 0.1) is 5.41 Å². The number of hydrogen-bond acceptors (Lipinski definition) is 13. The minimum absolute atomic E-state index is 0.149. The molecule has 0 unspecified atom stereocenters. The van der Waals surface area contributed by atoms with E-state index in [1.807, 2.05) is 119 Å². The van der Waals surface area contributed by atoms with Crippen LogP contribution in [0.1, 0.15) is 85.4 Å². The molecule has 346 valence electrons. The molecule has 4 aromatic carbocycles. The van der Waals surface area contributed by atoms with Gasteiger partial charge in [-0.2, -0.15) is 0 Å². The van der Waals surface area contributed by atoms with E-state index in [0.717, 1.165) is 21.6 Å². The van der Waals surface area contributed by atoms with Crippen molar-refractivity contribution in [1.82, 2.24) is 4.90 Å². The lowest BCUT2D eigenvalue weighted by atomic mass is 9.92. The van der Waals surface area contributed by atoms with Gasteiger partial charge in [-0.25, -0.2) is 0 Å². The lowest BCUT2D eigenvalue weighted by Crippen LogP contribution is -2.68. The van der Waals surface area contributed by atoms with Gasteiger partial charge in [0.2, 0.25) is 0 Å². The molecule has 0 aliphatic carbocycles. The first-order chi connectivity index (χ1) is 31.3. The molecule has 4 aromatic rings. The number of imide groups is 1. The molecule has 7 rings (SSSR count). The van der Waals surface area contributed by atoms with Gasteiger partial charge in [-0.3, -0.25) is 24.1 Å². The summed E-state index contributed by atoms with van der Waals surface area (Å²) in [7, 11) is 0. The first-order valence-corrected chi connectivity index (χ1v) is 22.1. The topological polar surface area (TPSA) is 155 Å². The summed E-state index contributed by atoms with van der Waals surface area (Å²) < 4.78 is 58.3. The van der Waals surface area contributed by atoms with Gasteiger partial charge in [0.25, 0.3) is 11.8 Å². The summed E-state index contributed by atoms with van der Waals surface area (Å²) in [5, 5.41) is 0. The van der Waals surface area contributed by atoms with Crippen molar-refractivity contribution in [3.05, 3.63) is 143 Å². The Kier molecular flexibility index (Phi) is 16.0. The predicted molar refractivity (Wildman–Crippen MR) is 236 cm³/mol. The van der Waals surface area contributed by atoms with Gasteiger partial charge in [0.15, 0.2) is 24.8 Å². The Morgan fingerprint density at radius 3 is 1.51 bits per heavy atom. The Morgan fingerprint density at radius 2 is 1.02 bits per heavy atom. The molecular formula is C51H59NO13. The third kappa shape index (κ3) is 12.1. The SMILES string of the molecule is CC(=O)O[C@H]1[C@H](OC(C)=O)[C@@H](CO[C@@H]2O[C@@H](C)[C@@H](OCc3ccccc3)[C@@H](OCc3ccccc3)[C@@H]2OCc2ccccc2)O[C@@H](OCCC(C)(C)C)[C@@H]1N1C(=O)c2ccccc2C1=O. The van der Waals surface area contributed by atoms with Crippen molar-refractivity contribution in [2.75, 3.05) is 13.2 Å². The van der Waals surface area contributed by atoms with Crippen molar-refractivity contribution < 1.29 is 61.8 Å². The van der Waals surface area contributed by atoms with Crippen LogP contribution in [-0.2, 0) is 72.0 Å². The normalized spacial score (nSPS) is 26.7. The molecule has 0 spiro atoms. The zero-order valence-corrected chi connectivity index (χ0v) is 37.7. The van der Waals surface area contributed by atoms with Gasteiger partial charge >= 0.3 is 11.9 Å². The van der Waals surface area contributed by atoms with E-state index in [1.54, 1.807) is 24.3 Å². The number of fused-ring (bicyclic) bond motifs is 1. The van der Waals surface area contributed by atoms with E-state index in [4.69, 9.17) is 42.6 Å². The van der Waals surface area contributed by atoms with E-state index in [-0.39, 0.29) is 49.6 Å². The molecule has 0 N–H and O–H groups in total. The number of esters is 2. The summed E-state index contributed by atoms with van der Waals surface area (Å²) in [5.41, 5.74) is 2.98. The molecule has 3 aliphatic heterocycles. The summed E-state index contributed by atoms with van der Waals surface area (Å²) in [6.07, 6.45) is -8.70. The van der Waals surface area contributed by atoms with Crippen LogP contribution in [0.3, 0.4) is 0 Å². The zero-order valence-electron chi connectivity index (χ0n) is 37.7. The molecule has 0 bridgehead atoms. The molecule has 10 atom stereocenters. The predicted octanol–water partition coefficient (Wildman–Crippen LogP) is 7.21. The van der Waals surface area contributed by atoms with Crippen LogP contribution in [0.15, 0.2) is 115 Å². The van der Waals surface area contributed by atoms with Crippen molar-refractivity contribution in [3.8, 4) is 0 Å². The maximum atomic E-state index is 14.1. The van der Waals surface area contributed by atoms with E-state index in [2.05, 4.69) is 0 Å². The number of ether oxygens (including phenoxy) is 9. The van der Waals surface area contributed by atoms with Crippen molar-refractivity contribution in [2.24, 2.45) is 5.41 Å². The molecule has 3 aliphatic rings. The average Bonchev–Trinajstić information content (AvgIpc) is 3.53. The van der Waals surface area contributed by atoms with Crippen molar-refractivity contribution in [2.45, 2.75) is 129 Å². The molecule has 2 fully saturated rings. The van der Waals surface area contributed by atoms with Gasteiger partial charge in [-0.15, -0.1) is 0 Å². The fourth-order valence-electron chi connectivity index (χ4n) is 8.25. The first kappa shape index (κ1) is 47.6. The van der Waals surface area contributed by atoms with E-state index >= 15 is 0 Å². The minimum atomic E-state index is -1.44. The Morgan fingerprint density at radius 1 is 0.554 bits per heavy atom. The molecular weight excluding hydrogens is 835 g/mol. The van der Waals surface area contributed by atoms with Gasteiger partial charge in [0.1, 0.15) is 30.5 Å². The monoisotopic (exact) mass is 893 g/mol. The van der Waals surface area contributed by atoms with Crippen LogP contribution >= 0.6 is 0 Å². The van der Waals surface area contributed by atoms with Gasteiger partial charge in [0, 0.05) is 13.8 Å². The standard InChI is InChI=1S/C51H59NO13/c1-32-42(58-28-35-18-10-7-11-19-35)45(59-29-36-20-12-8-13-21-36)46(60-30-37-22-14-9-15-23-37)50(62-32)61-31-40-43(63-33(2)53)44(64-34(3)54)41(49(65-40)57-27-26-51(4,5)6)52-47(55)38-24-16-17-25-39(38)48(52)56/h7-25,32,40-46,49-50H,26-31H2,1-6H3/t32-,40+,41+,42+,43+,44+,45+,46-,49+,50+/m0/s1. The smallest absolute Gasteiger partial charge is 0.303 e. The van der Waals surface area contributed by atoms with E-state index in [1.165, 1.54) is 13.8 Å². The second-order valence-electron chi connectivity index (χ2n) is 17.7. The molecule has 14 heteroatoms. The quantitative estimate of drug-likeness (QED) is 0.0731. The Bertz CT molecular complexity index is 2160. The van der Waals surface area contributed by atoms with Crippen LogP contribution in [-0.4, -0.2) is 103 Å². The van der Waals surface area contributed by atoms with Gasteiger partial charge in [-0.1, -0.05) is 124 Å². The minimum Gasteiger partial charge on any atom is -0.456 e. The highest BCUT2D eigenvalue weighted by Gasteiger charge is 2.58. The number of benzene rings is 4. The molecule has 65 heavy (non-hydrogen) atoms. The fraction of sp³-hybridized carbons (Fsp3) is 0.451. The number of hydrogen-bond donors (Lipinski definition) is 0. The zero-order chi connectivity index (χ0) is 46.1. The molecule has 3 heterocycles. The number of rotatable bonds is 18. The van der Waals surface area contributed by atoms with E-state index in [9.17, 15) is 19.2 Å². The highest BCUT2D eigenvalue weighted by Crippen LogP contribution is 2.37. The largest absolute Gasteiger partial charge is 0.456 e. The van der Waals surface area contributed by atoms with Crippen LogP contribution in [0.4, 0.5) is 0 Å². The number of carbonyl (C=O) groups is 4. The highest BCUT2D eigenvalue weighted by molar-refractivity contribution is 6.21. The van der Waals surface area contributed by atoms with Crippen LogP contribution in [0.5, 0.6) is 0 Å². The van der Waals surface area contributed by atoms with Crippen molar-refractivity contribution >= 4 is 23.8 Å². The Labute approximate surface area is 380 Å².